The van der Waals surface area contributed by atoms with Crippen molar-refractivity contribution in [1.29, 1.82) is 0 Å². The fourth-order valence-corrected chi connectivity index (χ4v) is 6.31. The van der Waals surface area contributed by atoms with Crippen LogP contribution in [0, 0.1) is 0 Å². The summed E-state index contributed by atoms with van der Waals surface area (Å²) in [5.74, 6) is -0.622. The van der Waals surface area contributed by atoms with Crippen LogP contribution in [0.1, 0.15) is 0 Å². The van der Waals surface area contributed by atoms with Gasteiger partial charge in [0, 0.05) is 20.9 Å². The van der Waals surface area contributed by atoms with E-state index in [4.69, 9.17) is 11.6 Å². The third kappa shape index (κ3) is 6.73. The number of carbonyl (C=O) groups excluding carboxylic acids is 1. The van der Waals surface area contributed by atoms with E-state index in [1.54, 1.807) is 42.5 Å². The normalized spacial score (nSPS) is 11.5. The SMILES string of the molecule is O=C(CN(c1ccc(Cl)cc1)S(=O)(=O)c1ccccc1)Nc1ccc(S(=O)(=O)Nc2ccc(Br)cc2)cc1. The summed E-state index contributed by atoms with van der Waals surface area (Å²) in [6, 6.07) is 26.0. The Bertz CT molecular complexity index is 1630. The minimum atomic E-state index is -4.07. The van der Waals surface area contributed by atoms with Crippen LogP contribution in [0.5, 0.6) is 0 Å². The van der Waals surface area contributed by atoms with E-state index in [1.165, 1.54) is 60.7 Å². The van der Waals surface area contributed by atoms with Gasteiger partial charge in [0.05, 0.1) is 15.5 Å². The molecule has 2 N–H and O–H groups in total. The molecule has 1 amide bonds. The van der Waals surface area contributed by atoms with Crippen molar-refractivity contribution in [3.05, 3.63) is 113 Å². The summed E-state index contributed by atoms with van der Waals surface area (Å²) in [7, 11) is -7.93. The van der Waals surface area contributed by atoms with E-state index >= 15 is 0 Å². The maximum atomic E-state index is 13.4. The first-order chi connectivity index (χ1) is 18.0. The summed E-state index contributed by atoms with van der Waals surface area (Å²) in [4.78, 5) is 12.9. The molecule has 0 bridgehead atoms. The van der Waals surface area contributed by atoms with Crippen molar-refractivity contribution < 1.29 is 21.6 Å². The molecule has 0 aliphatic rings. The van der Waals surface area contributed by atoms with E-state index in [2.05, 4.69) is 26.0 Å². The second kappa shape index (κ2) is 11.6. The van der Waals surface area contributed by atoms with Gasteiger partial charge in [0.1, 0.15) is 6.54 Å². The lowest BCUT2D eigenvalue weighted by Gasteiger charge is -2.24. The molecule has 4 aromatic carbocycles. The predicted octanol–water partition coefficient (Wildman–Crippen LogP) is 5.74. The quantitative estimate of drug-likeness (QED) is 0.244. The molecule has 38 heavy (non-hydrogen) atoms. The zero-order chi connectivity index (χ0) is 27.3. The minimum absolute atomic E-state index is 0.00661. The highest BCUT2D eigenvalue weighted by Gasteiger charge is 2.27. The average molecular weight is 635 g/mol. The molecular weight excluding hydrogens is 614 g/mol. The summed E-state index contributed by atoms with van der Waals surface area (Å²) < 4.78 is 56.4. The Kier molecular flexibility index (Phi) is 8.41. The molecule has 8 nitrogen and oxygen atoms in total. The van der Waals surface area contributed by atoms with Crippen molar-refractivity contribution in [3.8, 4) is 0 Å². The smallest absolute Gasteiger partial charge is 0.264 e. The molecule has 0 aromatic heterocycles. The van der Waals surface area contributed by atoms with E-state index < -0.39 is 32.5 Å². The molecule has 12 heteroatoms. The number of nitrogens with one attached hydrogen (secondary N) is 2. The number of amides is 1. The number of hydrogen-bond donors (Lipinski definition) is 2. The van der Waals surface area contributed by atoms with Gasteiger partial charge in [-0.3, -0.25) is 13.8 Å². The third-order valence-corrected chi connectivity index (χ3v) is 9.24. The van der Waals surface area contributed by atoms with Gasteiger partial charge in [-0.2, -0.15) is 0 Å². The number of halogens is 2. The van der Waals surface area contributed by atoms with Crippen molar-refractivity contribution in [1.82, 2.24) is 0 Å². The molecule has 0 atom stereocenters. The highest BCUT2D eigenvalue weighted by molar-refractivity contribution is 9.10. The number of carbonyl (C=O) groups is 1. The van der Waals surface area contributed by atoms with E-state index in [0.717, 1.165) is 8.78 Å². The van der Waals surface area contributed by atoms with Crippen LogP contribution >= 0.6 is 27.5 Å². The molecular formula is C26H21BrClN3O5S2. The second-order valence-electron chi connectivity index (χ2n) is 7.99. The molecule has 0 saturated heterocycles. The predicted molar refractivity (Wildman–Crippen MR) is 152 cm³/mol. The second-order valence-corrected chi connectivity index (χ2v) is 12.9. The Labute approximate surface area is 234 Å². The van der Waals surface area contributed by atoms with Gasteiger partial charge in [0.15, 0.2) is 0 Å². The van der Waals surface area contributed by atoms with Gasteiger partial charge in [-0.1, -0.05) is 45.7 Å². The molecule has 4 aromatic rings. The van der Waals surface area contributed by atoms with Crippen molar-refractivity contribution in [2.24, 2.45) is 0 Å². The van der Waals surface area contributed by atoms with Crippen LogP contribution in [0.3, 0.4) is 0 Å². The minimum Gasteiger partial charge on any atom is -0.325 e. The summed E-state index contributed by atoms with van der Waals surface area (Å²) in [6.45, 7) is -0.524. The molecule has 0 heterocycles. The first-order valence-electron chi connectivity index (χ1n) is 11.1. The summed E-state index contributed by atoms with van der Waals surface area (Å²) in [6.07, 6.45) is 0. The maximum Gasteiger partial charge on any atom is 0.264 e. The third-order valence-electron chi connectivity index (χ3n) is 5.28. The molecule has 0 aliphatic heterocycles. The van der Waals surface area contributed by atoms with Crippen molar-refractivity contribution in [2.75, 3.05) is 20.9 Å². The van der Waals surface area contributed by atoms with Crippen LogP contribution < -0.4 is 14.3 Å². The van der Waals surface area contributed by atoms with Gasteiger partial charge < -0.3 is 5.32 Å². The molecule has 0 radical (unpaired) electrons. The average Bonchev–Trinajstić information content (AvgIpc) is 2.90. The van der Waals surface area contributed by atoms with Gasteiger partial charge >= 0.3 is 0 Å². The van der Waals surface area contributed by atoms with Crippen LogP contribution in [-0.2, 0) is 24.8 Å². The van der Waals surface area contributed by atoms with E-state index in [9.17, 15) is 21.6 Å². The van der Waals surface area contributed by atoms with Crippen molar-refractivity contribution in [3.63, 3.8) is 0 Å². The zero-order valence-corrected chi connectivity index (χ0v) is 23.6. The van der Waals surface area contributed by atoms with Crippen LogP contribution in [0.25, 0.3) is 0 Å². The van der Waals surface area contributed by atoms with E-state index in [1.807, 2.05) is 0 Å². The fourth-order valence-electron chi connectivity index (χ4n) is 3.42. The summed E-state index contributed by atoms with van der Waals surface area (Å²) in [5, 5.41) is 3.04. The maximum absolute atomic E-state index is 13.4. The van der Waals surface area contributed by atoms with Crippen LogP contribution in [0.15, 0.2) is 117 Å². The summed E-state index contributed by atoms with van der Waals surface area (Å²) in [5.41, 5.74) is 0.951. The first-order valence-corrected chi connectivity index (χ1v) is 15.2. The molecule has 0 spiro atoms. The Hall–Kier alpha value is -3.38. The lowest BCUT2D eigenvalue weighted by molar-refractivity contribution is -0.114. The monoisotopic (exact) mass is 633 g/mol. The van der Waals surface area contributed by atoms with Gasteiger partial charge in [-0.15, -0.1) is 0 Å². The number of anilines is 3. The zero-order valence-electron chi connectivity index (χ0n) is 19.6. The van der Waals surface area contributed by atoms with Gasteiger partial charge in [0.25, 0.3) is 20.0 Å². The van der Waals surface area contributed by atoms with E-state index in [-0.39, 0.29) is 15.5 Å². The van der Waals surface area contributed by atoms with E-state index in [0.29, 0.717) is 16.4 Å². The fraction of sp³-hybridized carbons (Fsp3) is 0.0385. The lowest BCUT2D eigenvalue weighted by Crippen LogP contribution is -2.38. The Morgan fingerprint density at radius 1 is 0.737 bits per heavy atom. The highest BCUT2D eigenvalue weighted by Crippen LogP contribution is 2.26. The number of hydrogen-bond acceptors (Lipinski definition) is 5. The Balaban J connectivity index is 1.51. The topological polar surface area (TPSA) is 113 Å². The molecule has 196 valence electrons. The molecule has 0 saturated carbocycles. The Morgan fingerprint density at radius 3 is 1.92 bits per heavy atom. The van der Waals surface area contributed by atoms with Crippen molar-refractivity contribution in [2.45, 2.75) is 9.79 Å². The van der Waals surface area contributed by atoms with Crippen LogP contribution in [0.4, 0.5) is 17.1 Å². The van der Waals surface area contributed by atoms with Crippen molar-refractivity contribution >= 4 is 70.5 Å². The van der Waals surface area contributed by atoms with Crippen LogP contribution in [-0.4, -0.2) is 29.3 Å². The largest absolute Gasteiger partial charge is 0.325 e. The van der Waals surface area contributed by atoms with Gasteiger partial charge in [-0.05, 0) is 84.9 Å². The standard InChI is InChI=1S/C26H21BrClN3O5S2/c27-19-6-10-22(11-7-19)30-37(33,34)24-16-12-21(13-17-24)29-26(32)18-31(23-14-8-20(28)9-15-23)38(35,36)25-4-2-1-3-5-25/h1-17,30H,18H2,(H,29,32). The number of rotatable bonds is 9. The van der Waals surface area contributed by atoms with Gasteiger partial charge in [0.2, 0.25) is 5.91 Å². The molecule has 0 aliphatic carbocycles. The van der Waals surface area contributed by atoms with Gasteiger partial charge in [-0.25, -0.2) is 16.8 Å². The number of benzene rings is 4. The molecule has 0 fully saturated rings. The number of nitrogens with zero attached hydrogens (tertiary/aromatic N) is 1. The molecule has 0 unspecified atom stereocenters. The number of sulfonamides is 2. The first kappa shape index (κ1) is 27.6. The van der Waals surface area contributed by atoms with Crippen LogP contribution in [0.2, 0.25) is 5.02 Å². The highest BCUT2D eigenvalue weighted by atomic mass is 79.9. The molecule has 4 rings (SSSR count). The Morgan fingerprint density at radius 2 is 1.32 bits per heavy atom. The summed E-state index contributed by atoms with van der Waals surface area (Å²) >= 11 is 9.26. The lowest BCUT2D eigenvalue weighted by atomic mass is 10.3.